The quantitative estimate of drug-likeness (QED) is 0.388. The number of imidazole rings is 1. The zero-order chi connectivity index (χ0) is 26.1. The highest BCUT2D eigenvalue weighted by Crippen LogP contribution is 2.27. The molecule has 2 N–H and O–H groups in total. The highest BCUT2D eigenvalue weighted by molar-refractivity contribution is 6.30. The van der Waals surface area contributed by atoms with E-state index in [2.05, 4.69) is 10.3 Å². The van der Waals surface area contributed by atoms with Crippen molar-refractivity contribution in [3.8, 4) is 11.3 Å². The average Bonchev–Trinajstić information content (AvgIpc) is 3.55. The summed E-state index contributed by atoms with van der Waals surface area (Å²) in [6.07, 6.45) is 3.15. The topological polar surface area (TPSA) is 109 Å². The maximum Gasteiger partial charge on any atom is 0.326 e. The smallest absolute Gasteiger partial charge is 0.326 e. The first kappa shape index (κ1) is 24.6. The summed E-state index contributed by atoms with van der Waals surface area (Å²) in [7, 11) is 1.80. The van der Waals surface area contributed by atoms with E-state index in [0.717, 1.165) is 17.5 Å². The number of aromatic nitrogens is 3. The first-order valence-electron chi connectivity index (χ1n) is 12.0. The van der Waals surface area contributed by atoms with Crippen LogP contribution >= 0.6 is 11.6 Å². The number of aryl methyl sites for hydroxylation is 1. The summed E-state index contributed by atoms with van der Waals surface area (Å²) >= 11 is 6.00. The van der Waals surface area contributed by atoms with Gasteiger partial charge in [-0.2, -0.15) is 0 Å². The highest BCUT2D eigenvalue weighted by atomic mass is 35.5. The van der Waals surface area contributed by atoms with E-state index in [1.165, 1.54) is 10.5 Å². The molecule has 1 fully saturated rings. The largest absolute Gasteiger partial charge is 0.480 e. The predicted octanol–water partition coefficient (Wildman–Crippen LogP) is 3.13. The number of halogens is 1. The van der Waals surface area contributed by atoms with Crippen LogP contribution in [0, 0.1) is 0 Å². The number of nitrogens with one attached hydrogen (secondary N) is 1. The number of rotatable bonds is 7. The van der Waals surface area contributed by atoms with Crippen LogP contribution in [0.4, 0.5) is 5.82 Å². The molecule has 1 amide bonds. The Morgan fingerprint density at radius 2 is 1.89 bits per heavy atom. The second-order valence-corrected chi connectivity index (χ2v) is 9.58. The Morgan fingerprint density at radius 1 is 1.16 bits per heavy atom. The molecule has 1 aliphatic rings. The van der Waals surface area contributed by atoms with Gasteiger partial charge in [-0.05, 0) is 30.5 Å². The number of fused-ring (bicyclic) bond motifs is 1. The normalized spacial score (nSPS) is 16.2. The summed E-state index contributed by atoms with van der Waals surface area (Å²) in [6.45, 7) is 0.558. The van der Waals surface area contributed by atoms with E-state index in [1.54, 1.807) is 29.9 Å². The van der Waals surface area contributed by atoms with Gasteiger partial charge in [0.05, 0.1) is 5.69 Å². The lowest BCUT2D eigenvalue weighted by molar-refractivity contribution is -0.141. The van der Waals surface area contributed by atoms with Crippen LogP contribution < -0.4 is 15.8 Å². The number of amides is 1. The molecular weight excluding hydrogens is 494 g/mol. The van der Waals surface area contributed by atoms with Crippen LogP contribution in [-0.4, -0.2) is 49.6 Å². The summed E-state index contributed by atoms with van der Waals surface area (Å²) in [5.41, 5.74) is 2.00. The zero-order valence-electron chi connectivity index (χ0n) is 20.2. The van der Waals surface area contributed by atoms with E-state index < -0.39 is 18.1 Å². The molecule has 0 bridgehead atoms. The first-order valence-corrected chi connectivity index (χ1v) is 12.4. The first-order chi connectivity index (χ1) is 17.8. The molecule has 0 unspecified atom stereocenters. The number of nitrogens with zero attached hydrogens (tertiary/aromatic N) is 4. The van der Waals surface area contributed by atoms with Gasteiger partial charge in [0.2, 0.25) is 11.7 Å². The van der Waals surface area contributed by atoms with Crippen molar-refractivity contribution in [2.75, 3.05) is 11.4 Å². The molecule has 4 aromatic rings. The molecule has 0 radical (unpaired) electrons. The number of hydrogen-bond acceptors (Lipinski definition) is 5. The summed E-state index contributed by atoms with van der Waals surface area (Å²) in [5, 5.41) is 13.0. The van der Waals surface area contributed by atoms with Crippen LogP contribution in [0.5, 0.6) is 0 Å². The molecule has 9 nitrogen and oxygen atoms in total. The lowest BCUT2D eigenvalue weighted by Crippen LogP contribution is -2.51. The Morgan fingerprint density at radius 3 is 2.59 bits per heavy atom. The van der Waals surface area contributed by atoms with Gasteiger partial charge in [0.1, 0.15) is 17.9 Å². The second kappa shape index (κ2) is 10.1. The van der Waals surface area contributed by atoms with Gasteiger partial charge in [-0.1, -0.05) is 54.1 Å². The molecule has 10 heteroatoms. The van der Waals surface area contributed by atoms with Crippen molar-refractivity contribution in [2.24, 2.45) is 7.05 Å². The summed E-state index contributed by atoms with van der Waals surface area (Å²) in [5.74, 6) is -0.481. The number of anilines is 1. The molecule has 0 spiro atoms. The van der Waals surface area contributed by atoms with E-state index >= 15 is 0 Å². The third-order valence-electron chi connectivity index (χ3n) is 6.71. The number of benzene rings is 2. The maximum atomic E-state index is 13.3. The fourth-order valence-electron chi connectivity index (χ4n) is 4.82. The molecule has 2 aromatic carbocycles. The third-order valence-corrected chi connectivity index (χ3v) is 6.96. The van der Waals surface area contributed by atoms with Crippen molar-refractivity contribution < 1.29 is 14.7 Å². The molecule has 3 heterocycles. The van der Waals surface area contributed by atoms with Gasteiger partial charge >= 0.3 is 5.97 Å². The van der Waals surface area contributed by atoms with Crippen molar-refractivity contribution in [1.29, 1.82) is 0 Å². The molecule has 37 heavy (non-hydrogen) atoms. The predicted molar refractivity (Wildman–Crippen MR) is 141 cm³/mol. The monoisotopic (exact) mass is 519 g/mol. The maximum absolute atomic E-state index is 13.3. The van der Waals surface area contributed by atoms with Crippen LogP contribution in [0.1, 0.15) is 18.4 Å². The van der Waals surface area contributed by atoms with Crippen molar-refractivity contribution in [3.63, 3.8) is 0 Å². The summed E-state index contributed by atoms with van der Waals surface area (Å²) in [6, 6.07) is 16.2. The van der Waals surface area contributed by atoms with Crippen LogP contribution in [0.2, 0.25) is 5.02 Å². The molecule has 190 valence electrons. The lowest BCUT2D eigenvalue weighted by atomic mass is 10.1. The molecule has 0 saturated carbocycles. The SMILES string of the molecule is Cn1c(N2CCC[C@H]2C(=O)N[C@@H](Cc2ccccc2)C(=O)O)cc(=O)n2cc(-c3ccc(Cl)cc3)nc12. The fourth-order valence-corrected chi connectivity index (χ4v) is 4.94. The van der Waals surface area contributed by atoms with Crippen molar-refractivity contribution in [3.05, 3.63) is 87.8 Å². The van der Waals surface area contributed by atoms with Gasteiger partial charge in [-0.25, -0.2) is 9.78 Å². The Bertz CT molecular complexity index is 1510. The molecule has 0 aliphatic carbocycles. The summed E-state index contributed by atoms with van der Waals surface area (Å²) < 4.78 is 3.25. The minimum absolute atomic E-state index is 0.181. The Kier molecular flexibility index (Phi) is 6.71. The second-order valence-electron chi connectivity index (χ2n) is 9.14. The molecular formula is C27H26ClN5O4. The fraction of sp³-hybridized carbons (Fsp3) is 0.259. The van der Waals surface area contributed by atoms with Gasteiger partial charge in [0, 0.05) is 42.9 Å². The third kappa shape index (κ3) is 4.95. The van der Waals surface area contributed by atoms with Gasteiger partial charge in [-0.15, -0.1) is 0 Å². The number of hydrogen-bond donors (Lipinski definition) is 2. The number of carboxylic acids is 1. The number of carbonyl (C=O) groups excluding carboxylic acids is 1. The van der Waals surface area contributed by atoms with Gasteiger partial charge in [0.15, 0.2) is 0 Å². The Hall–Kier alpha value is -4.11. The average molecular weight is 520 g/mol. The standard InChI is InChI=1S/C27H26ClN5O4/c1-31-23(15-24(34)33-16-21(30-27(31)33)18-9-11-19(28)12-10-18)32-13-5-8-22(32)25(35)29-20(26(36)37)14-17-6-3-2-4-7-17/h2-4,6-7,9-12,15-16,20,22H,5,8,13-14H2,1H3,(H,29,35)(H,36,37)/t20-,22-/m0/s1. The lowest BCUT2D eigenvalue weighted by Gasteiger charge is -2.28. The van der Waals surface area contributed by atoms with E-state index in [-0.39, 0.29) is 17.9 Å². The minimum Gasteiger partial charge on any atom is -0.480 e. The molecule has 2 atom stereocenters. The molecule has 1 saturated heterocycles. The van der Waals surface area contributed by atoms with Crippen LogP contribution in [0.3, 0.4) is 0 Å². The van der Waals surface area contributed by atoms with Gasteiger partial charge < -0.3 is 19.9 Å². The Labute approximate surface area is 217 Å². The zero-order valence-corrected chi connectivity index (χ0v) is 20.9. The van der Waals surface area contributed by atoms with Crippen LogP contribution in [0.15, 0.2) is 71.7 Å². The molecule has 2 aromatic heterocycles. The number of aliphatic carboxylic acids is 1. The van der Waals surface area contributed by atoms with Crippen molar-refractivity contribution in [2.45, 2.75) is 31.3 Å². The van der Waals surface area contributed by atoms with E-state index in [0.29, 0.717) is 35.3 Å². The number of carbonyl (C=O) groups is 2. The van der Waals surface area contributed by atoms with E-state index in [4.69, 9.17) is 11.6 Å². The molecule has 5 rings (SSSR count). The minimum atomic E-state index is -1.09. The van der Waals surface area contributed by atoms with E-state index in [9.17, 15) is 19.5 Å². The van der Waals surface area contributed by atoms with E-state index in [1.807, 2.05) is 47.4 Å². The highest BCUT2D eigenvalue weighted by Gasteiger charge is 2.35. The van der Waals surface area contributed by atoms with Crippen LogP contribution in [0.25, 0.3) is 17.0 Å². The van der Waals surface area contributed by atoms with Crippen molar-refractivity contribution >= 4 is 35.1 Å². The van der Waals surface area contributed by atoms with Gasteiger partial charge in [-0.3, -0.25) is 14.0 Å². The Balaban J connectivity index is 1.42. The molecule has 1 aliphatic heterocycles. The van der Waals surface area contributed by atoms with Gasteiger partial charge in [0.25, 0.3) is 5.56 Å². The number of carboxylic acid groups (broad SMARTS) is 1. The van der Waals surface area contributed by atoms with Crippen molar-refractivity contribution in [1.82, 2.24) is 19.3 Å². The van der Waals surface area contributed by atoms with Crippen LogP contribution in [-0.2, 0) is 23.1 Å². The summed E-state index contributed by atoms with van der Waals surface area (Å²) in [4.78, 5) is 44.7.